The van der Waals surface area contributed by atoms with Crippen molar-refractivity contribution >= 4 is 11.7 Å². The summed E-state index contributed by atoms with van der Waals surface area (Å²) in [5.41, 5.74) is 1.78. The normalized spacial score (nSPS) is 14.0. The predicted molar refractivity (Wildman–Crippen MR) is 117 cm³/mol. The van der Waals surface area contributed by atoms with Crippen LogP contribution < -0.4 is 14.8 Å². The number of aromatic nitrogens is 2. The first-order valence-electron chi connectivity index (χ1n) is 10.4. The van der Waals surface area contributed by atoms with Gasteiger partial charge < -0.3 is 19.2 Å². The van der Waals surface area contributed by atoms with E-state index < -0.39 is 0 Å². The van der Waals surface area contributed by atoms with Crippen LogP contribution in [-0.4, -0.2) is 47.9 Å². The maximum Gasteiger partial charge on any atom is 0.292 e. The molecule has 31 heavy (non-hydrogen) atoms. The molecule has 3 heterocycles. The molecule has 1 saturated heterocycles. The third-order valence-corrected chi connectivity index (χ3v) is 5.39. The van der Waals surface area contributed by atoms with Gasteiger partial charge in [0.05, 0.1) is 33.0 Å². The molecule has 1 aliphatic heterocycles. The number of anilines is 1. The monoisotopic (exact) mass is 424 g/mol. The lowest BCUT2D eigenvalue weighted by molar-refractivity contribution is 0.0992. The third kappa shape index (κ3) is 4.91. The van der Waals surface area contributed by atoms with E-state index in [2.05, 4.69) is 15.3 Å². The topological polar surface area (TPSA) is 81.8 Å². The number of furan rings is 1. The average Bonchev–Trinajstić information content (AvgIpc) is 3.51. The van der Waals surface area contributed by atoms with Gasteiger partial charge in [-0.15, -0.1) is 0 Å². The SMILES string of the molecule is COc1ccc(Cn2nc(C)cc2NC(=O)c2ccc(CN3CCCC3)o2)cc1OC. The summed E-state index contributed by atoms with van der Waals surface area (Å²) in [4.78, 5) is 15.1. The number of amides is 1. The van der Waals surface area contributed by atoms with Crippen LogP contribution in [0.3, 0.4) is 0 Å². The molecule has 1 aliphatic rings. The maximum atomic E-state index is 12.8. The fourth-order valence-electron chi connectivity index (χ4n) is 3.84. The molecular weight excluding hydrogens is 396 g/mol. The number of likely N-dealkylation sites (tertiary alicyclic amines) is 1. The molecule has 4 rings (SSSR count). The molecule has 2 aromatic heterocycles. The first kappa shape index (κ1) is 21.0. The Morgan fingerprint density at radius 2 is 1.84 bits per heavy atom. The highest BCUT2D eigenvalue weighted by atomic mass is 16.5. The summed E-state index contributed by atoms with van der Waals surface area (Å²) in [7, 11) is 3.21. The van der Waals surface area contributed by atoms with Crippen molar-refractivity contribution in [1.29, 1.82) is 0 Å². The van der Waals surface area contributed by atoms with Crippen LogP contribution >= 0.6 is 0 Å². The number of aryl methyl sites for hydroxylation is 1. The molecule has 0 bridgehead atoms. The van der Waals surface area contributed by atoms with Crippen LogP contribution in [0.5, 0.6) is 11.5 Å². The molecule has 8 heteroatoms. The molecule has 1 N–H and O–H groups in total. The summed E-state index contributed by atoms with van der Waals surface area (Å²) in [5, 5.41) is 7.44. The Balaban J connectivity index is 1.46. The van der Waals surface area contributed by atoms with Gasteiger partial charge in [-0.1, -0.05) is 6.07 Å². The minimum Gasteiger partial charge on any atom is -0.493 e. The van der Waals surface area contributed by atoms with Crippen LogP contribution in [0.25, 0.3) is 0 Å². The molecule has 0 radical (unpaired) electrons. The van der Waals surface area contributed by atoms with Gasteiger partial charge in [-0.25, -0.2) is 4.68 Å². The maximum absolute atomic E-state index is 12.8. The number of benzene rings is 1. The second-order valence-corrected chi connectivity index (χ2v) is 7.72. The fraction of sp³-hybridized carbons (Fsp3) is 0.391. The minimum absolute atomic E-state index is 0.291. The number of rotatable bonds is 8. The van der Waals surface area contributed by atoms with Gasteiger partial charge in [0.2, 0.25) is 0 Å². The van der Waals surface area contributed by atoms with Crippen LogP contribution in [0.1, 0.15) is 40.4 Å². The zero-order valence-corrected chi connectivity index (χ0v) is 18.2. The molecule has 8 nitrogen and oxygen atoms in total. The van der Waals surface area contributed by atoms with Gasteiger partial charge in [-0.05, 0) is 62.7 Å². The van der Waals surface area contributed by atoms with Crippen molar-refractivity contribution in [3.63, 3.8) is 0 Å². The Morgan fingerprint density at radius 3 is 2.58 bits per heavy atom. The van der Waals surface area contributed by atoms with E-state index in [9.17, 15) is 4.79 Å². The quantitative estimate of drug-likeness (QED) is 0.594. The first-order valence-corrected chi connectivity index (χ1v) is 10.4. The lowest BCUT2D eigenvalue weighted by Gasteiger charge is -2.12. The minimum atomic E-state index is -0.291. The smallest absolute Gasteiger partial charge is 0.292 e. The van der Waals surface area contributed by atoms with Crippen molar-refractivity contribution in [3.8, 4) is 11.5 Å². The van der Waals surface area contributed by atoms with E-state index in [0.717, 1.165) is 36.7 Å². The Hall–Kier alpha value is -3.26. The highest BCUT2D eigenvalue weighted by Gasteiger charge is 2.18. The van der Waals surface area contributed by atoms with Gasteiger partial charge in [-0.3, -0.25) is 9.69 Å². The van der Waals surface area contributed by atoms with E-state index >= 15 is 0 Å². The van der Waals surface area contributed by atoms with E-state index in [0.29, 0.717) is 29.6 Å². The summed E-state index contributed by atoms with van der Waals surface area (Å²) >= 11 is 0. The van der Waals surface area contributed by atoms with Gasteiger partial charge in [0, 0.05) is 6.07 Å². The molecule has 1 aromatic carbocycles. The van der Waals surface area contributed by atoms with Gasteiger partial charge in [0.1, 0.15) is 11.6 Å². The predicted octanol–water partition coefficient (Wildman–Crippen LogP) is 3.70. The Labute approximate surface area is 181 Å². The van der Waals surface area contributed by atoms with Gasteiger partial charge >= 0.3 is 0 Å². The summed E-state index contributed by atoms with van der Waals surface area (Å²) in [5.74, 6) is 2.73. The Morgan fingerprint density at radius 1 is 1.06 bits per heavy atom. The van der Waals surface area contributed by atoms with Gasteiger partial charge in [0.15, 0.2) is 17.3 Å². The van der Waals surface area contributed by atoms with Gasteiger partial charge in [0.25, 0.3) is 5.91 Å². The van der Waals surface area contributed by atoms with Crippen LogP contribution in [-0.2, 0) is 13.1 Å². The second kappa shape index (κ2) is 9.26. The largest absolute Gasteiger partial charge is 0.493 e. The number of nitrogens with zero attached hydrogens (tertiary/aromatic N) is 3. The van der Waals surface area contributed by atoms with Crippen molar-refractivity contribution in [3.05, 3.63) is 59.2 Å². The molecule has 1 amide bonds. The fourth-order valence-corrected chi connectivity index (χ4v) is 3.84. The second-order valence-electron chi connectivity index (χ2n) is 7.72. The molecule has 0 atom stereocenters. The molecule has 164 valence electrons. The highest BCUT2D eigenvalue weighted by molar-refractivity contribution is 6.01. The van der Waals surface area contributed by atoms with Crippen LogP contribution in [0.15, 0.2) is 40.8 Å². The summed E-state index contributed by atoms with van der Waals surface area (Å²) in [6, 6.07) is 11.1. The number of methoxy groups -OCH3 is 2. The number of carbonyl (C=O) groups excluding carboxylic acids is 1. The van der Waals surface area contributed by atoms with Crippen molar-refractivity contribution < 1.29 is 18.7 Å². The van der Waals surface area contributed by atoms with E-state index in [1.165, 1.54) is 12.8 Å². The zero-order chi connectivity index (χ0) is 21.8. The van der Waals surface area contributed by atoms with E-state index in [1.54, 1.807) is 25.0 Å². The van der Waals surface area contributed by atoms with Crippen molar-refractivity contribution in [1.82, 2.24) is 14.7 Å². The molecule has 0 spiro atoms. The summed E-state index contributed by atoms with van der Waals surface area (Å²) in [6.45, 7) is 5.27. The molecule has 0 unspecified atom stereocenters. The average molecular weight is 425 g/mol. The van der Waals surface area contributed by atoms with Crippen LogP contribution in [0, 0.1) is 6.92 Å². The lowest BCUT2D eigenvalue weighted by Crippen LogP contribution is -2.18. The van der Waals surface area contributed by atoms with E-state index in [4.69, 9.17) is 13.9 Å². The molecule has 0 saturated carbocycles. The van der Waals surface area contributed by atoms with Crippen LogP contribution in [0.4, 0.5) is 5.82 Å². The Bertz CT molecular complexity index is 1050. The molecule has 1 fully saturated rings. The summed E-state index contributed by atoms with van der Waals surface area (Å²) in [6.07, 6.45) is 2.44. The number of ether oxygens (including phenoxy) is 2. The zero-order valence-electron chi connectivity index (χ0n) is 18.2. The number of nitrogens with one attached hydrogen (secondary N) is 1. The molecular formula is C23H28N4O4. The lowest BCUT2D eigenvalue weighted by atomic mass is 10.2. The molecule has 3 aromatic rings. The summed E-state index contributed by atoms with van der Waals surface area (Å²) < 4.78 is 18.2. The number of hydrogen-bond acceptors (Lipinski definition) is 6. The van der Waals surface area contributed by atoms with Crippen LogP contribution in [0.2, 0.25) is 0 Å². The first-order chi connectivity index (χ1) is 15.1. The molecule has 0 aliphatic carbocycles. The van der Waals surface area contributed by atoms with Crippen molar-refractivity contribution in [2.75, 3.05) is 32.6 Å². The standard InChI is InChI=1S/C23H28N4O4/c1-16-12-22(27(25-16)14-17-6-8-19(29-2)21(13-17)30-3)24-23(28)20-9-7-18(31-20)15-26-10-4-5-11-26/h6-9,12-13H,4-5,10-11,14-15H2,1-3H3,(H,24,28). The van der Waals surface area contributed by atoms with Crippen molar-refractivity contribution in [2.24, 2.45) is 0 Å². The van der Waals surface area contributed by atoms with Gasteiger partial charge in [-0.2, -0.15) is 5.10 Å². The number of carbonyl (C=O) groups is 1. The number of hydrogen-bond donors (Lipinski definition) is 1. The van der Waals surface area contributed by atoms with Crippen molar-refractivity contribution in [2.45, 2.75) is 32.9 Å². The Kier molecular flexibility index (Phi) is 6.27. The third-order valence-electron chi connectivity index (χ3n) is 5.39. The highest BCUT2D eigenvalue weighted by Crippen LogP contribution is 2.28. The van der Waals surface area contributed by atoms with E-state index in [-0.39, 0.29) is 5.91 Å². The van der Waals surface area contributed by atoms with E-state index in [1.807, 2.05) is 37.3 Å².